The smallest absolute Gasteiger partial charge is 0.270 e. The Bertz CT molecular complexity index is 846. The molecule has 3 N–H and O–H groups in total. The molecule has 0 aliphatic heterocycles. The standard InChI is InChI=1S/C20H21N3O3/c1-20(25,18-8-5-11-26-18)14-23-16-9-10-21-17(12-16)19(24)22-13-15-6-3-2-4-7-15/h2-12,25H,13-14H2,1H3,(H,21,23)(H,22,24). The highest BCUT2D eigenvalue weighted by Crippen LogP contribution is 2.21. The molecule has 3 rings (SSSR count). The number of nitrogens with one attached hydrogen (secondary N) is 2. The van der Waals surface area contributed by atoms with Crippen molar-refractivity contribution >= 4 is 11.6 Å². The minimum absolute atomic E-state index is 0.232. The van der Waals surface area contributed by atoms with E-state index in [4.69, 9.17) is 4.42 Å². The van der Waals surface area contributed by atoms with Crippen LogP contribution in [0.25, 0.3) is 0 Å². The molecule has 134 valence electrons. The summed E-state index contributed by atoms with van der Waals surface area (Å²) in [5.74, 6) is 0.218. The van der Waals surface area contributed by atoms with Gasteiger partial charge in [0.25, 0.3) is 5.91 Å². The van der Waals surface area contributed by atoms with Crippen molar-refractivity contribution in [1.29, 1.82) is 0 Å². The van der Waals surface area contributed by atoms with Gasteiger partial charge in [-0.3, -0.25) is 9.78 Å². The van der Waals surface area contributed by atoms with Gasteiger partial charge in [-0.1, -0.05) is 30.3 Å². The lowest BCUT2D eigenvalue weighted by Gasteiger charge is -2.21. The van der Waals surface area contributed by atoms with Crippen molar-refractivity contribution in [2.45, 2.75) is 19.1 Å². The molecule has 0 bridgehead atoms. The number of anilines is 1. The zero-order valence-electron chi connectivity index (χ0n) is 14.5. The summed E-state index contributed by atoms with van der Waals surface area (Å²) in [5, 5.41) is 16.4. The number of hydrogen-bond donors (Lipinski definition) is 3. The van der Waals surface area contributed by atoms with E-state index in [0.29, 0.717) is 23.7 Å². The fourth-order valence-electron chi connectivity index (χ4n) is 2.48. The largest absolute Gasteiger partial charge is 0.466 e. The second-order valence-electron chi connectivity index (χ2n) is 6.20. The number of pyridine rings is 1. The molecule has 0 saturated carbocycles. The van der Waals surface area contributed by atoms with Gasteiger partial charge in [-0.15, -0.1) is 0 Å². The van der Waals surface area contributed by atoms with E-state index in [0.717, 1.165) is 5.56 Å². The van der Waals surface area contributed by atoms with E-state index < -0.39 is 5.60 Å². The first kappa shape index (κ1) is 17.7. The maximum atomic E-state index is 12.3. The highest BCUT2D eigenvalue weighted by molar-refractivity contribution is 5.93. The summed E-state index contributed by atoms with van der Waals surface area (Å²) >= 11 is 0. The lowest BCUT2D eigenvalue weighted by molar-refractivity contribution is 0.0476. The van der Waals surface area contributed by atoms with Crippen LogP contribution in [0.2, 0.25) is 0 Å². The molecule has 2 aromatic heterocycles. The highest BCUT2D eigenvalue weighted by atomic mass is 16.4. The third kappa shape index (κ3) is 4.49. The van der Waals surface area contributed by atoms with Gasteiger partial charge in [0.05, 0.1) is 12.8 Å². The maximum Gasteiger partial charge on any atom is 0.270 e. The van der Waals surface area contributed by atoms with Crippen molar-refractivity contribution in [3.05, 3.63) is 84.1 Å². The van der Waals surface area contributed by atoms with Gasteiger partial charge in [-0.25, -0.2) is 0 Å². The van der Waals surface area contributed by atoms with Crippen LogP contribution in [0.5, 0.6) is 0 Å². The molecule has 1 aromatic carbocycles. The minimum atomic E-state index is -1.16. The number of carbonyl (C=O) groups is 1. The Morgan fingerprint density at radius 3 is 2.73 bits per heavy atom. The molecule has 2 heterocycles. The van der Waals surface area contributed by atoms with Gasteiger partial charge in [-0.05, 0) is 36.8 Å². The van der Waals surface area contributed by atoms with Gasteiger partial charge < -0.3 is 20.2 Å². The summed E-state index contributed by atoms with van der Waals surface area (Å²) in [4.78, 5) is 16.4. The Morgan fingerprint density at radius 1 is 1.19 bits per heavy atom. The summed E-state index contributed by atoms with van der Waals surface area (Å²) in [6.45, 7) is 2.33. The van der Waals surface area contributed by atoms with E-state index >= 15 is 0 Å². The molecule has 0 saturated heterocycles. The lowest BCUT2D eigenvalue weighted by atomic mass is 10.0. The summed E-state index contributed by atoms with van der Waals surface area (Å²) < 4.78 is 5.26. The third-order valence-corrected chi connectivity index (χ3v) is 3.98. The van der Waals surface area contributed by atoms with Gasteiger partial charge in [0.1, 0.15) is 17.1 Å². The van der Waals surface area contributed by atoms with Crippen LogP contribution in [0.15, 0.2) is 71.5 Å². The Hall–Kier alpha value is -3.12. The summed E-state index contributed by atoms with van der Waals surface area (Å²) in [6.07, 6.45) is 3.08. The van der Waals surface area contributed by atoms with Gasteiger partial charge in [0, 0.05) is 18.4 Å². The van der Waals surface area contributed by atoms with Crippen LogP contribution in [-0.2, 0) is 12.1 Å². The second kappa shape index (κ2) is 7.84. The van der Waals surface area contributed by atoms with Crippen molar-refractivity contribution in [1.82, 2.24) is 10.3 Å². The molecule has 1 unspecified atom stereocenters. The minimum Gasteiger partial charge on any atom is -0.466 e. The van der Waals surface area contributed by atoms with Gasteiger partial charge in [0.15, 0.2) is 0 Å². The lowest BCUT2D eigenvalue weighted by Crippen LogP contribution is -2.30. The van der Waals surface area contributed by atoms with Crippen LogP contribution in [-0.4, -0.2) is 22.5 Å². The Balaban J connectivity index is 1.60. The molecule has 0 aliphatic carbocycles. The predicted molar refractivity (Wildman–Crippen MR) is 98.6 cm³/mol. The number of nitrogens with zero attached hydrogens (tertiary/aromatic N) is 1. The van der Waals surface area contributed by atoms with E-state index in [1.54, 1.807) is 37.4 Å². The molecule has 0 radical (unpaired) electrons. The summed E-state index contributed by atoms with van der Waals surface area (Å²) in [7, 11) is 0. The molecular formula is C20H21N3O3. The van der Waals surface area contributed by atoms with E-state index in [1.807, 2.05) is 30.3 Å². The molecule has 0 aliphatic rings. The average Bonchev–Trinajstić information content (AvgIpc) is 3.21. The normalized spacial score (nSPS) is 13.0. The Kier molecular flexibility index (Phi) is 5.34. The third-order valence-electron chi connectivity index (χ3n) is 3.98. The summed E-state index contributed by atoms with van der Waals surface area (Å²) in [6, 6.07) is 16.5. The van der Waals surface area contributed by atoms with Crippen LogP contribution in [0.3, 0.4) is 0 Å². The Morgan fingerprint density at radius 2 is 2.00 bits per heavy atom. The first-order chi connectivity index (χ1) is 12.5. The highest BCUT2D eigenvalue weighted by Gasteiger charge is 2.25. The number of hydrogen-bond acceptors (Lipinski definition) is 5. The molecular weight excluding hydrogens is 330 g/mol. The first-order valence-electron chi connectivity index (χ1n) is 8.33. The van der Waals surface area contributed by atoms with Crippen LogP contribution in [0, 0.1) is 0 Å². The zero-order valence-corrected chi connectivity index (χ0v) is 14.5. The van der Waals surface area contributed by atoms with Gasteiger partial charge >= 0.3 is 0 Å². The number of furan rings is 1. The molecule has 6 nitrogen and oxygen atoms in total. The molecule has 0 spiro atoms. The first-order valence-corrected chi connectivity index (χ1v) is 8.33. The topological polar surface area (TPSA) is 87.4 Å². The number of aliphatic hydroxyl groups is 1. The fourth-order valence-corrected chi connectivity index (χ4v) is 2.48. The molecule has 6 heteroatoms. The van der Waals surface area contributed by atoms with E-state index in [9.17, 15) is 9.90 Å². The van der Waals surface area contributed by atoms with Crippen molar-refractivity contribution in [2.24, 2.45) is 0 Å². The maximum absolute atomic E-state index is 12.3. The molecule has 0 fully saturated rings. The molecule has 1 atom stereocenters. The Labute approximate surface area is 151 Å². The number of rotatable bonds is 7. The second-order valence-corrected chi connectivity index (χ2v) is 6.20. The van der Waals surface area contributed by atoms with Crippen LogP contribution >= 0.6 is 0 Å². The average molecular weight is 351 g/mol. The van der Waals surface area contributed by atoms with Crippen LogP contribution in [0.4, 0.5) is 5.69 Å². The number of benzene rings is 1. The van der Waals surface area contributed by atoms with E-state index in [1.165, 1.54) is 6.26 Å². The fraction of sp³-hybridized carbons (Fsp3) is 0.200. The van der Waals surface area contributed by atoms with Crippen molar-refractivity contribution in [3.8, 4) is 0 Å². The SMILES string of the molecule is CC(O)(CNc1ccnc(C(=O)NCc2ccccc2)c1)c1ccco1. The molecule has 3 aromatic rings. The number of carbonyl (C=O) groups excluding carboxylic acids is 1. The predicted octanol–water partition coefficient (Wildman–Crippen LogP) is 2.92. The zero-order chi connectivity index (χ0) is 18.4. The van der Waals surface area contributed by atoms with E-state index in [-0.39, 0.29) is 12.5 Å². The molecule has 26 heavy (non-hydrogen) atoms. The number of amides is 1. The van der Waals surface area contributed by atoms with Crippen molar-refractivity contribution < 1.29 is 14.3 Å². The van der Waals surface area contributed by atoms with Crippen molar-refractivity contribution in [3.63, 3.8) is 0 Å². The van der Waals surface area contributed by atoms with Crippen LogP contribution in [0.1, 0.15) is 28.7 Å². The monoisotopic (exact) mass is 351 g/mol. The quantitative estimate of drug-likeness (QED) is 0.609. The van der Waals surface area contributed by atoms with E-state index in [2.05, 4.69) is 15.6 Å². The van der Waals surface area contributed by atoms with Gasteiger partial charge in [0.2, 0.25) is 0 Å². The summed E-state index contributed by atoms with van der Waals surface area (Å²) in [5.41, 5.74) is 0.854. The molecule has 1 amide bonds. The van der Waals surface area contributed by atoms with Gasteiger partial charge in [-0.2, -0.15) is 0 Å². The number of aromatic nitrogens is 1. The van der Waals surface area contributed by atoms with Crippen molar-refractivity contribution in [2.75, 3.05) is 11.9 Å². The van der Waals surface area contributed by atoms with Crippen LogP contribution < -0.4 is 10.6 Å².